The molecule has 0 aliphatic rings. The first kappa shape index (κ1) is 28.2. The van der Waals surface area contributed by atoms with Crippen LogP contribution in [0.5, 0.6) is 11.5 Å². The summed E-state index contributed by atoms with van der Waals surface area (Å²) < 4.78 is 76.8. The number of alkyl halides is 3. The average Bonchev–Trinajstić information content (AvgIpc) is 2.81. The Bertz CT molecular complexity index is 1360. The van der Waals surface area contributed by atoms with Crippen LogP contribution in [-0.4, -0.2) is 45.7 Å². The van der Waals surface area contributed by atoms with Gasteiger partial charge in [0.05, 0.1) is 36.0 Å². The van der Waals surface area contributed by atoms with E-state index in [2.05, 4.69) is 30.6 Å². The molecule has 37 heavy (non-hydrogen) atoms. The van der Waals surface area contributed by atoms with E-state index in [-0.39, 0.29) is 22.3 Å². The maximum atomic E-state index is 14.0. The van der Waals surface area contributed by atoms with Crippen LogP contribution in [0.1, 0.15) is 22.6 Å². The molecule has 0 unspecified atom stereocenters. The minimum absolute atomic E-state index is 0.156. The molecule has 3 rings (SSSR count). The van der Waals surface area contributed by atoms with Gasteiger partial charge in [-0.25, -0.2) is 13.6 Å². The number of benzene rings is 1. The van der Waals surface area contributed by atoms with E-state index in [9.17, 15) is 31.5 Å². The summed E-state index contributed by atoms with van der Waals surface area (Å²) in [5, 5.41) is 0. The maximum absolute atomic E-state index is 14.0. The Hall–Kier alpha value is -3.39. The lowest BCUT2D eigenvalue weighted by atomic mass is 10.2. The van der Waals surface area contributed by atoms with Gasteiger partial charge in [0.15, 0.2) is 11.5 Å². The minimum Gasteiger partial charge on any atom is -0.483 e. The van der Waals surface area contributed by atoms with Gasteiger partial charge >= 0.3 is 12.1 Å². The van der Waals surface area contributed by atoms with Gasteiger partial charge in [-0.3, -0.25) is 14.8 Å². The van der Waals surface area contributed by atoms with Gasteiger partial charge in [-0.2, -0.15) is 13.2 Å². The van der Waals surface area contributed by atoms with E-state index in [1.54, 1.807) is 0 Å². The molecule has 0 bridgehead atoms. The topological polar surface area (TPSA) is 86.5 Å². The molecule has 14 heteroatoms. The third-order valence-corrected chi connectivity index (χ3v) is 5.64. The van der Waals surface area contributed by atoms with Crippen molar-refractivity contribution in [1.29, 1.82) is 0 Å². The number of aromatic nitrogens is 3. The molecule has 198 valence electrons. The second kappa shape index (κ2) is 11.3. The number of hydrogen-bond donors (Lipinski definition) is 0. The molecule has 0 saturated carbocycles. The second-order valence-corrected chi connectivity index (χ2v) is 8.89. The lowest BCUT2D eigenvalue weighted by Crippen LogP contribution is -2.31. The summed E-state index contributed by atoms with van der Waals surface area (Å²) in [4.78, 5) is 35.1. The van der Waals surface area contributed by atoms with Gasteiger partial charge in [0, 0.05) is 18.2 Å². The molecule has 0 radical (unpaired) electrons. The van der Waals surface area contributed by atoms with Crippen molar-refractivity contribution in [2.75, 3.05) is 14.1 Å². The van der Waals surface area contributed by atoms with Crippen LogP contribution in [0.15, 0.2) is 39.9 Å². The van der Waals surface area contributed by atoms with Crippen LogP contribution in [0.2, 0.25) is 0 Å². The lowest BCUT2D eigenvalue weighted by molar-refractivity contribution is -0.189. The van der Waals surface area contributed by atoms with Crippen LogP contribution in [0, 0.1) is 18.6 Å². The van der Waals surface area contributed by atoms with Gasteiger partial charge in [0.1, 0.15) is 22.7 Å². The van der Waals surface area contributed by atoms with Crippen LogP contribution in [-0.2, 0) is 24.5 Å². The molecule has 0 aliphatic heterocycles. The summed E-state index contributed by atoms with van der Waals surface area (Å²) in [6.07, 6.45) is -2.46. The number of rotatable bonds is 8. The van der Waals surface area contributed by atoms with Crippen LogP contribution in [0.25, 0.3) is 0 Å². The maximum Gasteiger partial charge on any atom is 0.491 e. The Morgan fingerprint density at radius 1 is 1.11 bits per heavy atom. The zero-order valence-corrected chi connectivity index (χ0v) is 21.3. The van der Waals surface area contributed by atoms with Crippen LogP contribution in [0.4, 0.5) is 22.0 Å². The van der Waals surface area contributed by atoms with Gasteiger partial charge in [-0.1, -0.05) is 0 Å². The Balaban J connectivity index is 2.03. The van der Waals surface area contributed by atoms with E-state index >= 15 is 0 Å². The minimum atomic E-state index is -5.35. The first-order valence-electron chi connectivity index (χ1n) is 10.5. The monoisotopic (exact) mass is 590 g/mol. The standard InChI is InChI=1S/C23H20BrF5N4O4/c1-12-19(37-22(35)23(27,28)29)20(36-11-13-4-5-14(25)6-17(13)26)18(24)21(34)33(12)10-16-8-30-15(7-31-16)9-32(2)3/h4-8H,9-11H2,1-3H3. The smallest absolute Gasteiger partial charge is 0.483 e. The van der Waals surface area contributed by atoms with Gasteiger partial charge in [-0.05, 0) is 49.1 Å². The van der Waals surface area contributed by atoms with Crippen molar-refractivity contribution >= 4 is 21.9 Å². The number of carbonyl (C=O) groups excluding carboxylic acids is 1. The van der Waals surface area contributed by atoms with Crippen LogP contribution < -0.4 is 15.0 Å². The molecule has 3 aromatic rings. The Labute approximate surface area is 215 Å². The number of hydrogen-bond acceptors (Lipinski definition) is 7. The van der Waals surface area contributed by atoms with Crippen molar-refractivity contribution in [3.8, 4) is 11.5 Å². The molecule has 0 aliphatic carbocycles. The highest BCUT2D eigenvalue weighted by Gasteiger charge is 2.42. The zero-order valence-electron chi connectivity index (χ0n) is 19.7. The van der Waals surface area contributed by atoms with E-state index in [1.165, 1.54) is 19.3 Å². The van der Waals surface area contributed by atoms with Crippen molar-refractivity contribution in [3.05, 3.63) is 79.7 Å². The molecule has 0 fully saturated rings. The fourth-order valence-corrected chi connectivity index (χ4v) is 3.67. The van der Waals surface area contributed by atoms with E-state index in [1.807, 2.05) is 19.0 Å². The normalized spacial score (nSPS) is 11.6. The highest BCUT2D eigenvalue weighted by Crippen LogP contribution is 2.38. The van der Waals surface area contributed by atoms with Crippen LogP contribution in [0.3, 0.4) is 0 Å². The number of pyridine rings is 1. The van der Waals surface area contributed by atoms with Crippen molar-refractivity contribution in [3.63, 3.8) is 0 Å². The Morgan fingerprint density at radius 3 is 2.32 bits per heavy atom. The molecule has 8 nitrogen and oxygen atoms in total. The average molecular weight is 591 g/mol. The predicted octanol–water partition coefficient (Wildman–Crippen LogP) is 4.14. The van der Waals surface area contributed by atoms with E-state index in [0.29, 0.717) is 24.0 Å². The first-order valence-corrected chi connectivity index (χ1v) is 11.3. The van der Waals surface area contributed by atoms with Crippen molar-refractivity contribution < 1.29 is 36.2 Å². The Morgan fingerprint density at radius 2 is 1.76 bits per heavy atom. The fourth-order valence-electron chi connectivity index (χ4n) is 3.16. The molecule has 0 amide bonds. The summed E-state index contributed by atoms with van der Waals surface area (Å²) in [5.41, 5.74) is -0.153. The number of carbonyl (C=O) groups is 1. The summed E-state index contributed by atoms with van der Waals surface area (Å²) >= 11 is 2.99. The van der Waals surface area contributed by atoms with Crippen molar-refractivity contribution in [2.45, 2.75) is 32.8 Å². The molecule has 0 N–H and O–H groups in total. The predicted molar refractivity (Wildman–Crippen MR) is 124 cm³/mol. The van der Waals surface area contributed by atoms with E-state index in [0.717, 1.165) is 16.7 Å². The van der Waals surface area contributed by atoms with Gasteiger partial charge < -0.3 is 18.9 Å². The molecular formula is C23H20BrF5N4O4. The summed E-state index contributed by atoms with van der Waals surface area (Å²) in [6, 6.07) is 2.61. The molecular weight excluding hydrogens is 571 g/mol. The largest absolute Gasteiger partial charge is 0.491 e. The molecule has 1 aromatic carbocycles. The summed E-state index contributed by atoms with van der Waals surface area (Å²) in [6.45, 7) is 0.924. The van der Waals surface area contributed by atoms with Crippen LogP contribution >= 0.6 is 15.9 Å². The highest BCUT2D eigenvalue weighted by molar-refractivity contribution is 9.10. The number of ether oxygens (including phenoxy) is 2. The molecule has 0 atom stereocenters. The van der Waals surface area contributed by atoms with E-state index in [4.69, 9.17) is 4.74 Å². The summed E-state index contributed by atoms with van der Waals surface area (Å²) in [5.74, 6) is -5.66. The second-order valence-electron chi connectivity index (χ2n) is 8.10. The highest BCUT2D eigenvalue weighted by atomic mass is 79.9. The van der Waals surface area contributed by atoms with E-state index < -0.39 is 47.4 Å². The van der Waals surface area contributed by atoms with Crippen molar-refractivity contribution in [2.24, 2.45) is 0 Å². The third-order valence-electron chi connectivity index (χ3n) is 4.94. The zero-order chi connectivity index (χ0) is 27.5. The number of esters is 1. The number of nitrogens with zero attached hydrogens (tertiary/aromatic N) is 4. The quantitative estimate of drug-likeness (QED) is 0.288. The molecule has 2 aromatic heterocycles. The Kier molecular flexibility index (Phi) is 8.64. The fraction of sp³-hybridized carbons (Fsp3) is 0.304. The third kappa shape index (κ3) is 6.89. The molecule has 2 heterocycles. The lowest BCUT2D eigenvalue weighted by Gasteiger charge is -2.20. The first-order chi connectivity index (χ1) is 17.3. The summed E-state index contributed by atoms with van der Waals surface area (Å²) in [7, 11) is 3.68. The SMILES string of the molecule is Cc1c(OC(=O)C(F)(F)F)c(OCc2ccc(F)cc2F)c(Br)c(=O)n1Cc1cnc(CN(C)C)cn1. The van der Waals surface area contributed by atoms with Crippen molar-refractivity contribution in [1.82, 2.24) is 19.4 Å². The number of halogens is 6. The van der Waals surface area contributed by atoms with Gasteiger partial charge in [-0.15, -0.1) is 0 Å². The molecule has 0 saturated heterocycles. The molecule has 0 spiro atoms. The van der Waals surface area contributed by atoms with Gasteiger partial charge in [0.2, 0.25) is 0 Å². The van der Waals surface area contributed by atoms with Gasteiger partial charge in [0.25, 0.3) is 5.56 Å².